The zero-order valence-corrected chi connectivity index (χ0v) is 13.3. The summed E-state index contributed by atoms with van der Waals surface area (Å²) in [7, 11) is 1.69. The second-order valence-corrected chi connectivity index (χ2v) is 6.24. The summed E-state index contributed by atoms with van der Waals surface area (Å²) in [4.78, 5) is 13.7. The van der Waals surface area contributed by atoms with Crippen molar-refractivity contribution in [2.75, 3.05) is 38.2 Å². The average molecular weight is 304 g/mol. The predicted octanol–water partition coefficient (Wildman–Crippen LogP) is 2.18. The summed E-state index contributed by atoms with van der Waals surface area (Å²) in [5.41, 5.74) is 1.19. The van der Waals surface area contributed by atoms with Crippen LogP contribution in [-0.2, 0) is 6.54 Å². The van der Waals surface area contributed by atoms with Gasteiger partial charge in [-0.15, -0.1) is 11.3 Å². The Balaban J connectivity index is 1.57. The molecule has 0 unspecified atom stereocenters. The largest absolute Gasteiger partial charge is 0.497 e. The highest BCUT2D eigenvalue weighted by atomic mass is 32.1. The highest BCUT2D eigenvalue weighted by Gasteiger charge is 2.19. The number of rotatable bonds is 4. The standard InChI is InChI=1S/C15H20N4OS/c1-12-17-13(11-21-12)10-18-5-7-19(8-6-18)15-9-14(20-2)3-4-16-15/h3-4,9,11H,5-8,10H2,1-2H3. The van der Waals surface area contributed by atoms with Crippen molar-refractivity contribution in [3.63, 3.8) is 0 Å². The molecule has 3 heterocycles. The first kappa shape index (κ1) is 14.3. The van der Waals surface area contributed by atoms with Gasteiger partial charge in [-0.1, -0.05) is 0 Å². The molecule has 0 spiro atoms. The Bertz CT molecular complexity index is 593. The third kappa shape index (κ3) is 3.51. The van der Waals surface area contributed by atoms with Crippen LogP contribution < -0.4 is 9.64 Å². The Morgan fingerprint density at radius 1 is 1.29 bits per heavy atom. The van der Waals surface area contributed by atoms with Crippen molar-refractivity contribution < 1.29 is 4.74 Å². The van der Waals surface area contributed by atoms with Crippen LogP contribution in [0.15, 0.2) is 23.7 Å². The SMILES string of the molecule is COc1ccnc(N2CCN(Cc3csc(C)n3)CC2)c1. The van der Waals surface area contributed by atoms with Gasteiger partial charge in [0.1, 0.15) is 11.6 Å². The quantitative estimate of drug-likeness (QED) is 0.866. The van der Waals surface area contributed by atoms with Gasteiger partial charge in [0.05, 0.1) is 17.8 Å². The van der Waals surface area contributed by atoms with E-state index in [0.29, 0.717) is 0 Å². The lowest BCUT2D eigenvalue weighted by Crippen LogP contribution is -2.46. The van der Waals surface area contributed by atoms with Gasteiger partial charge in [-0.2, -0.15) is 0 Å². The van der Waals surface area contributed by atoms with E-state index in [0.717, 1.165) is 49.3 Å². The van der Waals surface area contributed by atoms with Crippen LogP contribution in [0.4, 0.5) is 5.82 Å². The number of piperazine rings is 1. The molecule has 3 rings (SSSR count). The molecule has 0 amide bonds. The number of aryl methyl sites for hydroxylation is 1. The highest BCUT2D eigenvalue weighted by Crippen LogP contribution is 2.20. The lowest BCUT2D eigenvalue weighted by molar-refractivity contribution is 0.247. The van der Waals surface area contributed by atoms with Crippen LogP contribution >= 0.6 is 11.3 Å². The minimum atomic E-state index is 0.861. The van der Waals surface area contributed by atoms with Crippen LogP contribution in [0.3, 0.4) is 0 Å². The monoisotopic (exact) mass is 304 g/mol. The van der Waals surface area contributed by atoms with Gasteiger partial charge in [-0.25, -0.2) is 9.97 Å². The lowest BCUT2D eigenvalue weighted by Gasteiger charge is -2.35. The van der Waals surface area contributed by atoms with Crippen molar-refractivity contribution in [3.05, 3.63) is 34.4 Å². The van der Waals surface area contributed by atoms with Crippen LogP contribution in [0.5, 0.6) is 5.75 Å². The Morgan fingerprint density at radius 2 is 2.10 bits per heavy atom. The number of hydrogen-bond donors (Lipinski definition) is 0. The molecule has 0 atom stereocenters. The molecule has 0 aliphatic carbocycles. The van der Waals surface area contributed by atoms with E-state index in [1.807, 2.05) is 12.1 Å². The van der Waals surface area contributed by atoms with Gasteiger partial charge in [0.25, 0.3) is 0 Å². The summed E-state index contributed by atoms with van der Waals surface area (Å²) >= 11 is 1.72. The van der Waals surface area contributed by atoms with Gasteiger partial charge >= 0.3 is 0 Å². The van der Waals surface area contributed by atoms with Crippen LogP contribution in [0.25, 0.3) is 0 Å². The Kier molecular flexibility index (Phi) is 4.36. The first-order chi connectivity index (χ1) is 10.2. The van der Waals surface area contributed by atoms with Crippen molar-refractivity contribution in [3.8, 4) is 5.75 Å². The van der Waals surface area contributed by atoms with E-state index in [1.54, 1.807) is 24.6 Å². The maximum absolute atomic E-state index is 5.26. The molecule has 1 saturated heterocycles. The van der Waals surface area contributed by atoms with Gasteiger partial charge in [0, 0.05) is 50.4 Å². The summed E-state index contributed by atoms with van der Waals surface area (Å²) in [6.45, 7) is 7.06. The summed E-state index contributed by atoms with van der Waals surface area (Å²) in [6, 6.07) is 3.88. The van der Waals surface area contributed by atoms with E-state index in [-0.39, 0.29) is 0 Å². The molecule has 1 aliphatic rings. The molecule has 0 N–H and O–H groups in total. The van der Waals surface area contributed by atoms with Crippen molar-refractivity contribution in [1.82, 2.24) is 14.9 Å². The Hall–Kier alpha value is -1.66. The van der Waals surface area contributed by atoms with E-state index in [2.05, 4.69) is 32.1 Å². The fraction of sp³-hybridized carbons (Fsp3) is 0.467. The number of nitrogens with zero attached hydrogens (tertiary/aromatic N) is 4. The molecule has 2 aromatic heterocycles. The molecule has 0 bridgehead atoms. The molecular formula is C15H20N4OS. The van der Waals surface area contributed by atoms with Crippen LogP contribution in [0.1, 0.15) is 10.7 Å². The smallest absolute Gasteiger partial charge is 0.132 e. The first-order valence-electron chi connectivity index (χ1n) is 7.13. The molecule has 6 heteroatoms. The zero-order valence-electron chi connectivity index (χ0n) is 12.5. The first-order valence-corrected chi connectivity index (χ1v) is 8.01. The average Bonchev–Trinajstić information content (AvgIpc) is 2.93. The fourth-order valence-electron chi connectivity index (χ4n) is 2.54. The van der Waals surface area contributed by atoms with Crippen molar-refractivity contribution >= 4 is 17.2 Å². The Morgan fingerprint density at radius 3 is 2.76 bits per heavy atom. The molecule has 21 heavy (non-hydrogen) atoms. The summed E-state index contributed by atoms with van der Waals surface area (Å²) < 4.78 is 5.26. The topological polar surface area (TPSA) is 41.5 Å². The lowest BCUT2D eigenvalue weighted by atomic mass is 10.3. The van der Waals surface area contributed by atoms with Crippen LogP contribution in [0.2, 0.25) is 0 Å². The third-order valence-corrected chi connectivity index (χ3v) is 4.52. The van der Waals surface area contributed by atoms with Gasteiger partial charge < -0.3 is 9.64 Å². The second kappa shape index (κ2) is 6.41. The predicted molar refractivity (Wildman–Crippen MR) is 85.1 cm³/mol. The maximum atomic E-state index is 5.26. The highest BCUT2D eigenvalue weighted by molar-refractivity contribution is 7.09. The molecule has 0 aromatic carbocycles. The van der Waals surface area contributed by atoms with Crippen molar-refractivity contribution in [2.45, 2.75) is 13.5 Å². The number of pyridine rings is 1. The molecule has 0 saturated carbocycles. The number of aromatic nitrogens is 2. The van der Waals surface area contributed by atoms with E-state index in [1.165, 1.54) is 5.69 Å². The third-order valence-electron chi connectivity index (χ3n) is 3.70. The molecule has 5 nitrogen and oxygen atoms in total. The minimum absolute atomic E-state index is 0.861. The molecular weight excluding hydrogens is 284 g/mol. The fourth-order valence-corrected chi connectivity index (χ4v) is 3.15. The molecule has 1 aliphatic heterocycles. The zero-order chi connectivity index (χ0) is 14.7. The van der Waals surface area contributed by atoms with Crippen molar-refractivity contribution in [2.24, 2.45) is 0 Å². The molecule has 0 radical (unpaired) electrons. The summed E-state index contributed by atoms with van der Waals surface area (Å²) in [5, 5.41) is 3.30. The summed E-state index contributed by atoms with van der Waals surface area (Å²) in [6.07, 6.45) is 1.80. The number of hydrogen-bond acceptors (Lipinski definition) is 6. The molecule has 112 valence electrons. The second-order valence-electron chi connectivity index (χ2n) is 5.17. The van der Waals surface area contributed by atoms with E-state index < -0.39 is 0 Å². The number of ether oxygens (including phenoxy) is 1. The normalized spacial score (nSPS) is 16.2. The van der Waals surface area contributed by atoms with Crippen LogP contribution in [-0.4, -0.2) is 48.2 Å². The number of anilines is 1. The van der Waals surface area contributed by atoms with Crippen molar-refractivity contribution in [1.29, 1.82) is 0 Å². The van der Waals surface area contributed by atoms with E-state index in [9.17, 15) is 0 Å². The van der Waals surface area contributed by atoms with Crippen LogP contribution in [0, 0.1) is 6.92 Å². The summed E-state index contributed by atoms with van der Waals surface area (Å²) in [5.74, 6) is 1.86. The van der Waals surface area contributed by atoms with E-state index >= 15 is 0 Å². The van der Waals surface area contributed by atoms with Gasteiger partial charge in [-0.05, 0) is 13.0 Å². The number of thiazole rings is 1. The van der Waals surface area contributed by atoms with E-state index in [4.69, 9.17) is 4.74 Å². The Labute approximate surface area is 129 Å². The maximum Gasteiger partial charge on any atom is 0.132 e. The number of methoxy groups -OCH3 is 1. The molecule has 1 fully saturated rings. The van der Waals surface area contributed by atoms with Gasteiger partial charge in [0.15, 0.2) is 0 Å². The van der Waals surface area contributed by atoms with Gasteiger partial charge in [0.2, 0.25) is 0 Å². The minimum Gasteiger partial charge on any atom is -0.497 e. The molecule has 2 aromatic rings. The van der Waals surface area contributed by atoms with Gasteiger partial charge in [-0.3, -0.25) is 4.90 Å².